The number of carbonyl (C=O) groups excluding carboxylic acids is 1. The van der Waals surface area contributed by atoms with Crippen LogP contribution in [0.5, 0.6) is 11.5 Å². The first-order valence-corrected chi connectivity index (χ1v) is 14.7. The molecule has 1 saturated heterocycles. The number of pyridine rings is 2. The number of methoxy groups -OCH3 is 2. The summed E-state index contributed by atoms with van der Waals surface area (Å²) in [6.45, 7) is 9.16. The van der Waals surface area contributed by atoms with E-state index >= 15 is 0 Å². The number of hydrogen-bond donors (Lipinski definition) is 1. The number of piperidine rings is 1. The number of nitrogens with one attached hydrogen (secondary N) is 1. The van der Waals surface area contributed by atoms with Crippen molar-refractivity contribution in [3.05, 3.63) is 82.6 Å². The Morgan fingerprint density at radius 3 is 2.33 bits per heavy atom. The zero-order valence-corrected chi connectivity index (χ0v) is 25.6. The molecule has 42 heavy (non-hydrogen) atoms. The number of halogens is 2. The van der Waals surface area contributed by atoms with E-state index in [2.05, 4.69) is 51.9 Å². The summed E-state index contributed by atoms with van der Waals surface area (Å²) < 4.78 is 10.8. The number of benzene rings is 2. The fourth-order valence-corrected chi connectivity index (χ4v) is 6.16. The van der Waals surface area contributed by atoms with Crippen molar-refractivity contribution in [1.82, 2.24) is 14.9 Å². The number of allylic oxidation sites excluding steroid dienone is 1. The van der Waals surface area contributed by atoms with E-state index in [4.69, 9.17) is 32.7 Å². The third-order valence-corrected chi connectivity index (χ3v) is 8.67. The number of aromatic nitrogens is 2. The molecule has 5 rings (SSSR count). The van der Waals surface area contributed by atoms with Crippen molar-refractivity contribution in [2.45, 2.75) is 32.1 Å². The van der Waals surface area contributed by atoms with Crippen LogP contribution < -0.4 is 14.8 Å². The maximum atomic E-state index is 12.4. The topological polar surface area (TPSA) is 76.6 Å². The minimum absolute atomic E-state index is 0.0225. The first-order valence-electron chi connectivity index (χ1n) is 14.0. The third-order valence-electron chi connectivity index (χ3n) is 7.92. The van der Waals surface area contributed by atoms with Crippen LogP contribution in [0.4, 0.5) is 11.5 Å². The maximum absolute atomic E-state index is 12.4. The summed E-state index contributed by atoms with van der Waals surface area (Å²) in [6.07, 6.45) is 7.42. The highest BCUT2D eigenvalue weighted by molar-refractivity contribution is 6.41. The molecule has 0 saturated carbocycles. The summed E-state index contributed by atoms with van der Waals surface area (Å²) in [4.78, 5) is 24.2. The van der Waals surface area contributed by atoms with Gasteiger partial charge in [-0.1, -0.05) is 48.8 Å². The monoisotopic (exact) mass is 604 g/mol. The van der Waals surface area contributed by atoms with Crippen molar-refractivity contribution >= 4 is 51.3 Å². The van der Waals surface area contributed by atoms with Gasteiger partial charge in [-0.25, -0.2) is 4.98 Å². The van der Waals surface area contributed by atoms with Crippen LogP contribution in [0.15, 0.2) is 61.4 Å². The van der Waals surface area contributed by atoms with Crippen LogP contribution in [0.1, 0.15) is 36.8 Å². The number of ether oxygens (including phenoxy) is 2. The van der Waals surface area contributed by atoms with E-state index in [1.165, 1.54) is 25.9 Å². The summed E-state index contributed by atoms with van der Waals surface area (Å²) in [6, 6.07) is 11.8. The molecular weight excluding hydrogens is 571 g/mol. The molecule has 1 aliphatic heterocycles. The van der Waals surface area contributed by atoms with Crippen LogP contribution >= 0.6 is 23.2 Å². The lowest BCUT2D eigenvalue weighted by atomic mass is 9.87. The van der Waals surface area contributed by atoms with E-state index in [9.17, 15) is 4.79 Å². The van der Waals surface area contributed by atoms with Crippen molar-refractivity contribution in [3.8, 4) is 22.8 Å². The number of likely N-dealkylation sites (tertiary alicyclic amines) is 1. The highest BCUT2D eigenvalue weighted by atomic mass is 35.5. The van der Waals surface area contributed by atoms with E-state index < -0.39 is 0 Å². The summed E-state index contributed by atoms with van der Waals surface area (Å²) >= 11 is 13.2. The SMILES string of the molecule is C=CC(=O)Cc1cc(C2CCN(CC)CC2)ccc1Nc1cc2cnc(-c3c(Cl)c(OC)cc(OC)c3Cl)cc2cn1. The lowest BCUT2D eigenvalue weighted by Gasteiger charge is -2.31. The quantitative estimate of drug-likeness (QED) is 0.185. The Balaban J connectivity index is 1.44. The van der Waals surface area contributed by atoms with Gasteiger partial charge in [-0.3, -0.25) is 9.78 Å². The van der Waals surface area contributed by atoms with Crippen LogP contribution in [0, 0.1) is 0 Å². The molecule has 4 aromatic rings. The van der Waals surface area contributed by atoms with Gasteiger partial charge in [0.2, 0.25) is 0 Å². The van der Waals surface area contributed by atoms with Gasteiger partial charge >= 0.3 is 0 Å². The summed E-state index contributed by atoms with van der Waals surface area (Å²) in [7, 11) is 3.07. The average Bonchev–Trinajstić information content (AvgIpc) is 3.02. The zero-order valence-electron chi connectivity index (χ0n) is 24.0. The van der Waals surface area contributed by atoms with Crippen LogP contribution in [0.3, 0.4) is 0 Å². The van der Waals surface area contributed by atoms with Crippen molar-refractivity contribution < 1.29 is 14.3 Å². The molecule has 0 atom stereocenters. The minimum Gasteiger partial charge on any atom is -0.495 e. The van der Waals surface area contributed by atoms with Gasteiger partial charge in [0.05, 0.1) is 30.0 Å². The standard InChI is InChI=1S/C33H34Cl2N4O3/c1-5-25(40)14-22-13-21(20-9-11-39(6-2)12-10-20)7-8-26(22)38-30-16-24-18-36-27(15-23(24)19-37-30)31-32(34)28(41-3)17-29(42-4)33(31)35/h5,7-8,13,15-20H,1,6,9-12,14H2,2-4H3,(H,37,38). The second kappa shape index (κ2) is 13.1. The number of fused-ring (bicyclic) bond motifs is 1. The highest BCUT2D eigenvalue weighted by Crippen LogP contribution is 2.45. The molecule has 0 radical (unpaired) electrons. The van der Waals surface area contributed by atoms with Crippen molar-refractivity contribution in [1.29, 1.82) is 0 Å². The molecule has 3 heterocycles. The van der Waals surface area contributed by atoms with Crippen LogP contribution in [-0.2, 0) is 11.2 Å². The van der Waals surface area contributed by atoms with Gasteiger partial charge in [0.1, 0.15) is 17.3 Å². The first-order chi connectivity index (χ1) is 20.3. The molecule has 2 aromatic carbocycles. The van der Waals surface area contributed by atoms with E-state index in [0.717, 1.165) is 54.5 Å². The number of nitrogens with zero attached hydrogens (tertiary/aromatic N) is 3. The van der Waals surface area contributed by atoms with Crippen molar-refractivity contribution in [2.24, 2.45) is 0 Å². The Bertz CT molecular complexity index is 1610. The maximum Gasteiger partial charge on any atom is 0.159 e. The molecule has 0 bridgehead atoms. The molecular formula is C33H34Cl2N4O3. The summed E-state index contributed by atoms with van der Waals surface area (Å²) in [5.41, 5.74) is 4.15. The summed E-state index contributed by atoms with van der Waals surface area (Å²) in [5, 5.41) is 5.86. The van der Waals surface area contributed by atoms with Gasteiger partial charge in [-0.05, 0) is 73.8 Å². The number of rotatable bonds is 10. The summed E-state index contributed by atoms with van der Waals surface area (Å²) in [5.74, 6) is 1.99. The second-order valence-electron chi connectivity index (χ2n) is 10.4. The molecule has 1 aliphatic rings. The second-order valence-corrected chi connectivity index (χ2v) is 11.1. The van der Waals surface area contributed by atoms with Gasteiger partial charge in [0.15, 0.2) is 5.78 Å². The molecule has 1 N–H and O–H groups in total. The van der Waals surface area contributed by atoms with Crippen molar-refractivity contribution in [3.63, 3.8) is 0 Å². The molecule has 0 aliphatic carbocycles. The third kappa shape index (κ3) is 6.24. The van der Waals surface area contributed by atoms with Gasteiger partial charge in [-0.15, -0.1) is 0 Å². The van der Waals surface area contributed by atoms with E-state index in [-0.39, 0.29) is 12.2 Å². The normalized spacial score (nSPS) is 14.1. The Morgan fingerprint density at radius 1 is 1.02 bits per heavy atom. The molecule has 1 fully saturated rings. The Labute approximate surface area is 256 Å². The Kier molecular flexibility index (Phi) is 9.31. The fourth-order valence-electron chi connectivity index (χ4n) is 5.47. The Hall–Kier alpha value is -3.65. The van der Waals surface area contributed by atoms with Gasteiger partial charge < -0.3 is 19.7 Å². The number of hydrogen-bond acceptors (Lipinski definition) is 7. The highest BCUT2D eigenvalue weighted by Gasteiger charge is 2.22. The molecule has 218 valence electrons. The average molecular weight is 606 g/mol. The number of anilines is 2. The lowest BCUT2D eigenvalue weighted by Crippen LogP contribution is -2.32. The van der Waals surface area contributed by atoms with E-state index in [0.29, 0.717) is 44.5 Å². The molecule has 7 nitrogen and oxygen atoms in total. The van der Waals surface area contributed by atoms with E-state index in [1.807, 2.05) is 12.1 Å². The molecule has 9 heteroatoms. The van der Waals surface area contributed by atoms with Crippen LogP contribution in [0.25, 0.3) is 22.0 Å². The molecule has 2 aromatic heterocycles. The predicted octanol–water partition coefficient (Wildman–Crippen LogP) is 7.86. The van der Waals surface area contributed by atoms with Crippen molar-refractivity contribution in [2.75, 3.05) is 39.2 Å². The first kappa shape index (κ1) is 29.8. The smallest absolute Gasteiger partial charge is 0.159 e. The van der Waals surface area contributed by atoms with Gasteiger partial charge in [0.25, 0.3) is 0 Å². The molecule has 0 unspecified atom stereocenters. The van der Waals surface area contributed by atoms with E-state index in [1.54, 1.807) is 18.5 Å². The predicted molar refractivity (Wildman–Crippen MR) is 171 cm³/mol. The van der Waals surface area contributed by atoms with Gasteiger partial charge in [-0.2, -0.15) is 0 Å². The molecule has 0 spiro atoms. The lowest BCUT2D eigenvalue weighted by molar-refractivity contribution is -0.114. The van der Waals surface area contributed by atoms with Crippen LogP contribution in [0.2, 0.25) is 10.0 Å². The Morgan fingerprint density at radius 2 is 1.69 bits per heavy atom. The van der Waals surface area contributed by atoms with Crippen LogP contribution in [-0.4, -0.2) is 54.5 Å². The number of ketones is 1. The number of carbonyl (C=O) groups is 1. The fraction of sp³-hybridized carbons (Fsp3) is 0.303. The molecule has 0 amide bonds. The zero-order chi connectivity index (χ0) is 29.8. The largest absolute Gasteiger partial charge is 0.495 e. The minimum atomic E-state index is -0.0225. The van der Waals surface area contributed by atoms with Gasteiger partial charge in [0, 0.05) is 46.9 Å².